The molecule has 0 unspecified atom stereocenters. The van der Waals surface area contributed by atoms with Gasteiger partial charge in [0.2, 0.25) is 11.8 Å². The second-order valence-corrected chi connectivity index (χ2v) is 9.94. The molecule has 1 amide bonds. The van der Waals surface area contributed by atoms with Crippen LogP contribution in [0.3, 0.4) is 0 Å². The van der Waals surface area contributed by atoms with Gasteiger partial charge >= 0.3 is 0 Å². The van der Waals surface area contributed by atoms with E-state index in [4.69, 9.17) is 0 Å². The van der Waals surface area contributed by atoms with Crippen molar-refractivity contribution in [2.24, 2.45) is 5.92 Å². The largest absolute Gasteiger partial charge is 0.343 e. The number of fused-ring (bicyclic) bond motifs is 2. The van der Waals surface area contributed by atoms with Crippen LogP contribution in [0.15, 0.2) is 28.9 Å². The number of aromatic nitrogens is 1. The first-order valence-electron chi connectivity index (χ1n) is 11.8. The van der Waals surface area contributed by atoms with Crippen LogP contribution < -0.4 is 5.32 Å². The quantitative estimate of drug-likeness (QED) is 0.700. The first kappa shape index (κ1) is 21.9. The molecule has 5 rings (SSSR count). The smallest absolute Gasteiger partial charge is 0.249 e. The summed E-state index contributed by atoms with van der Waals surface area (Å²) in [5.41, 5.74) is 4.54. The Morgan fingerprint density at radius 3 is 2.72 bits per heavy atom. The Morgan fingerprint density at radius 2 is 2.03 bits per heavy atom. The number of nitrogens with zero attached hydrogens (tertiary/aromatic N) is 3. The van der Waals surface area contributed by atoms with E-state index in [9.17, 15) is 9.59 Å². The van der Waals surface area contributed by atoms with E-state index >= 15 is 0 Å². The molecule has 2 aromatic rings. The van der Waals surface area contributed by atoms with E-state index in [0.29, 0.717) is 0 Å². The van der Waals surface area contributed by atoms with E-state index in [0.717, 1.165) is 66.5 Å². The molecule has 0 saturated carbocycles. The van der Waals surface area contributed by atoms with Gasteiger partial charge in [0.25, 0.3) is 0 Å². The number of carbonyl (C=O) groups excluding carboxylic acids is 2. The summed E-state index contributed by atoms with van der Waals surface area (Å²) in [4.78, 5) is 30.8. The minimum atomic E-state index is -0.141. The number of rotatable bonds is 4. The molecule has 7 heteroatoms. The van der Waals surface area contributed by atoms with E-state index in [1.54, 1.807) is 0 Å². The van der Waals surface area contributed by atoms with Crippen LogP contribution in [0.1, 0.15) is 42.6 Å². The van der Waals surface area contributed by atoms with Crippen LogP contribution in [0.4, 0.5) is 0 Å². The van der Waals surface area contributed by atoms with Gasteiger partial charge in [-0.3, -0.25) is 19.1 Å². The maximum absolute atomic E-state index is 13.4. The molecule has 1 aliphatic carbocycles. The summed E-state index contributed by atoms with van der Waals surface area (Å²) in [5, 5.41) is 4.50. The maximum Gasteiger partial charge on any atom is 0.249 e. The summed E-state index contributed by atoms with van der Waals surface area (Å²) < 4.78 is 2.75. The maximum atomic E-state index is 13.4. The number of carbonyl (C=O) groups is 2. The predicted molar refractivity (Wildman–Crippen MR) is 131 cm³/mol. The van der Waals surface area contributed by atoms with Gasteiger partial charge in [-0.2, -0.15) is 0 Å². The Labute approximate surface area is 197 Å². The summed E-state index contributed by atoms with van der Waals surface area (Å²) >= 11 is 3.80. The number of hydrogen-bond acceptors (Lipinski definition) is 4. The molecule has 3 heterocycles. The minimum absolute atomic E-state index is 0.115. The highest BCUT2D eigenvalue weighted by molar-refractivity contribution is 9.10. The van der Waals surface area contributed by atoms with Gasteiger partial charge in [0.1, 0.15) is 0 Å². The van der Waals surface area contributed by atoms with Gasteiger partial charge in [-0.05, 0) is 85.4 Å². The van der Waals surface area contributed by atoms with Crippen LogP contribution in [-0.4, -0.2) is 71.5 Å². The van der Waals surface area contributed by atoms with Crippen LogP contribution in [0, 0.1) is 5.92 Å². The van der Waals surface area contributed by atoms with Crippen molar-refractivity contribution in [2.75, 3.05) is 33.2 Å². The fourth-order valence-electron chi connectivity index (χ4n) is 5.78. The van der Waals surface area contributed by atoms with Crippen molar-refractivity contribution >= 4 is 44.2 Å². The molecule has 1 saturated heterocycles. The summed E-state index contributed by atoms with van der Waals surface area (Å²) in [6, 6.07) is 6.32. The zero-order valence-corrected chi connectivity index (χ0v) is 20.6. The minimum Gasteiger partial charge on any atom is -0.343 e. The molecule has 2 aliphatic heterocycles. The molecule has 1 aromatic heterocycles. The Morgan fingerprint density at radius 1 is 1.25 bits per heavy atom. The van der Waals surface area contributed by atoms with Crippen molar-refractivity contribution in [2.45, 2.75) is 45.2 Å². The van der Waals surface area contributed by atoms with Crippen molar-refractivity contribution in [1.82, 2.24) is 19.7 Å². The van der Waals surface area contributed by atoms with Crippen molar-refractivity contribution in [3.05, 3.63) is 40.0 Å². The van der Waals surface area contributed by atoms with E-state index in [-0.39, 0.29) is 29.8 Å². The summed E-state index contributed by atoms with van der Waals surface area (Å²) in [6.07, 6.45) is 4.95. The molecule has 0 spiro atoms. The third-order valence-corrected chi connectivity index (χ3v) is 8.30. The Hall–Kier alpha value is -1.96. The van der Waals surface area contributed by atoms with Gasteiger partial charge in [-0.25, -0.2) is 0 Å². The van der Waals surface area contributed by atoms with Gasteiger partial charge in [0.05, 0.1) is 22.1 Å². The number of likely N-dealkylation sites (N-methyl/N-ethyl adjacent to an activating group) is 1. The lowest BCUT2D eigenvalue weighted by Gasteiger charge is -2.40. The molecule has 3 aliphatic rings. The fourth-order valence-corrected chi connectivity index (χ4v) is 6.51. The fraction of sp³-hybridized carbons (Fsp3) is 0.520. The van der Waals surface area contributed by atoms with Gasteiger partial charge in [0, 0.05) is 31.1 Å². The molecule has 1 aromatic carbocycles. The first-order chi connectivity index (χ1) is 15.5. The third kappa shape index (κ3) is 3.28. The zero-order valence-electron chi connectivity index (χ0n) is 19.0. The average Bonchev–Trinajstić information content (AvgIpc) is 3.43. The highest BCUT2D eigenvalue weighted by Gasteiger charge is 2.39. The Kier molecular flexibility index (Phi) is 5.76. The number of hydrogen-bond donors (Lipinski definition) is 1. The monoisotopic (exact) mass is 498 g/mol. The lowest BCUT2D eigenvalue weighted by Crippen LogP contribution is -2.47. The molecule has 3 atom stereocenters. The predicted octanol–water partition coefficient (Wildman–Crippen LogP) is 3.53. The molecule has 0 bridgehead atoms. The molecule has 6 nitrogen and oxygen atoms in total. The van der Waals surface area contributed by atoms with Crippen molar-refractivity contribution in [3.63, 3.8) is 0 Å². The lowest BCUT2D eigenvalue weighted by atomic mass is 9.79. The molecular weight excluding hydrogens is 468 g/mol. The number of halogens is 1. The van der Waals surface area contributed by atoms with Gasteiger partial charge in [0.15, 0.2) is 0 Å². The highest BCUT2D eigenvalue weighted by Crippen LogP contribution is 2.45. The first-order valence-corrected chi connectivity index (χ1v) is 12.6. The zero-order chi connectivity index (χ0) is 22.6. The van der Waals surface area contributed by atoms with Gasteiger partial charge in [-0.1, -0.05) is 18.2 Å². The highest BCUT2D eigenvalue weighted by atomic mass is 79.9. The molecular formula is C25H31BrN4O2. The second-order valence-electron chi connectivity index (χ2n) is 9.19. The molecule has 0 radical (unpaired) electrons. The lowest BCUT2D eigenvalue weighted by molar-refractivity contribution is -0.134. The van der Waals surface area contributed by atoms with Crippen molar-refractivity contribution in [1.29, 1.82) is 0 Å². The number of benzene rings is 1. The van der Waals surface area contributed by atoms with Crippen LogP contribution in [0.5, 0.6) is 0 Å². The standard InChI is InChI=1S/C25H31BrN4O2/c1-4-29(5-2)24(31)15-12-17-16-8-6-10-20-22(16)18(13-21(17)28(3)14-15)23(26)30(20)25(32)19-9-7-11-27-19/h6,8,10,12,15,19,21,27H,4-5,7,9,11,13-14H2,1-3H3/t15-,19+,21-/m1/s1. The van der Waals surface area contributed by atoms with E-state index < -0.39 is 0 Å². The molecule has 170 valence electrons. The number of amides is 1. The topological polar surface area (TPSA) is 57.6 Å². The third-order valence-electron chi connectivity index (χ3n) is 7.47. The Balaban J connectivity index is 1.63. The van der Waals surface area contributed by atoms with Crippen LogP contribution in [-0.2, 0) is 11.2 Å². The summed E-state index contributed by atoms with van der Waals surface area (Å²) in [7, 11) is 2.11. The van der Waals surface area contributed by atoms with Crippen molar-refractivity contribution in [3.8, 4) is 0 Å². The van der Waals surface area contributed by atoms with Crippen LogP contribution in [0.25, 0.3) is 16.5 Å². The molecule has 1 N–H and O–H groups in total. The van der Waals surface area contributed by atoms with Gasteiger partial charge < -0.3 is 10.2 Å². The van der Waals surface area contributed by atoms with Crippen molar-refractivity contribution < 1.29 is 9.59 Å². The SMILES string of the molecule is CCN(CC)C(=O)[C@@H]1C=C2c3cccc4c3c(c(Br)n4C(=O)[C@@H]3CCCN3)C[C@H]2N(C)C1. The summed E-state index contributed by atoms with van der Waals surface area (Å²) in [6.45, 7) is 7.15. The van der Waals surface area contributed by atoms with E-state index in [2.05, 4.69) is 45.3 Å². The van der Waals surface area contributed by atoms with Crippen LogP contribution >= 0.6 is 15.9 Å². The molecule has 32 heavy (non-hydrogen) atoms. The van der Waals surface area contributed by atoms with E-state index in [1.165, 1.54) is 11.1 Å². The second kappa shape index (κ2) is 8.43. The molecule has 1 fully saturated rings. The normalized spacial score (nSPS) is 25.0. The average molecular weight is 499 g/mol. The van der Waals surface area contributed by atoms with Gasteiger partial charge in [-0.15, -0.1) is 0 Å². The Bertz CT molecular complexity index is 1110. The summed E-state index contributed by atoms with van der Waals surface area (Å²) in [5.74, 6) is 0.175. The van der Waals surface area contributed by atoms with Crippen LogP contribution in [0.2, 0.25) is 0 Å². The number of nitrogens with one attached hydrogen (secondary N) is 1. The van der Waals surface area contributed by atoms with E-state index in [1.807, 2.05) is 35.4 Å².